The van der Waals surface area contributed by atoms with Crippen LogP contribution in [0.5, 0.6) is 0 Å². The molecule has 3 rings (SSSR count). The minimum Gasteiger partial charge on any atom is -0.662 e. The summed E-state index contributed by atoms with van der Waals surface area (Å²) in [6, 6.07) is 6.36. The van der Waals surface area contributed by atoms with E-state index in [1.807, 2.05) is 26.0 Å². The maximum atomic E-state index is 9.29. The van der Waals surface area contributed by atoms with Gasteiger partial charge in [-0.1, -0.05) is 0 Å². The molecule has 1 aromatic heterocycles. The summed E-state index contributed by atoms with van der Waals surface area (Å²) in [7, 11) is 0. The van der Waals surface area contributed by atoms with E-state index in [-0.39, 0.29) is 32.7 Å². The first kappa shape index (κ1) is 23.9. The number of hydrogen-bond donors (Lipinski definition) is 1. The van der Waals surface area contributed by atoms with E-state index in [1.165, 1.54) is 15.5 Å². The minimum atomic E-state index is 0. The van der Waals surface area contributed by atoms with Gasteiger partial charge in [0.2, 0.25) is 0 Å². The van der Waals surface area contributed by atoms with Gasteiger partial charge >= 0.3 is 0 Å². The second-order valence-corrected chi connectivity index (χ2v) is 7.57. The van der Waals surface area contributed by atoms with Gasteiger partial charge in [0.15, 0.2) is 0 Å². The van der Waals surface area contributed by atoms with Crippen LogP contribution >= 0.6 is 11.3 Å². The zero-order valence-electron chi connectivity index (χ0n) is 15.8. The summed E-state index contributed by atoms with van der Waals surface area (Å²) in [5.74, 6) is 0. The summed E-state index contributed by atoms with van der Waals surface area (Å²) in [6.07, 6.45) is 4.35. The van der Waals surface area contributed by atoms with E-state index >= 15 is 0 Å². The van der Waals surface area contributed by atoms with E-state index in [4.69, 9.17) is 4.74 Å². The molecule has 0 spiro atoms. The number of allylic oxidation sites excluding steroid dienone is 1. The number of rotatable bonds is 3. The standard InChI is InChI=1S/C12H14N2OS.C7H14NO.Y/c1-9-2-3-12(16-9)11(8-13)10-4-6-14(15)7-5-10;1-2-9-7-3-5-8-6-4-7;/h2-3,15H,4-7H2,1H3;7H,2-6H2,1H3;/q;-1;. The molecule has 0 amide bonds. The Hall–Kier alpha value is -0.126. The van der Waals surface area contributed by atoms with E-state index in [2.05, 4.69) is 11.4 Å². The molecule has 2 fully saturated rings. The van der Waals surface area contributed by atoms with Gasteiger partial charge in [-0.15, -0.1) is 24.4 Å². The second-order valence-electron chi connectivity index (χ2n) is 6.28. The van der Waals surface area contributed by atoms with Crippen molar-refractivity contribution >= 4 is 16.9 Å². The van der Waals surface area contributed by atoms with Crippen molar-refractivity contribution in [2.45, 2.75) is 45.6 Å². The summed E-state index contributed by atoms with van der Waals surface area (Å²) in [6.45, 7) is 8.21. The van der Waals surface area contributed by atoms with Gasteiger partial charge in [-0.25, -0.2) is 0 Å². The van der Waals surface area contributed by atoms with Gasteiger partial charge < -0.3 is 15.3 Å². The number of thiophene rings is 1. The maximum Gasteiger partial charge on any atom is 0.101 e. The number of nitriles is 1. The Morgan fingerprint density at radius 2 is 2.00 bits per heavy atom. The molecule has 0 aromatic carbocycles. The van der Waals surface area contributed by atoms with Crippen LogP contribution in [0, 0.1) is 18.3 Å². The van der Waals surface area contributed by atoms with Gasteiger partial charge in [0.05, 0.1) is 11.7 Å². The first-order valence-electron chi connectivity index (χ1n) is 9.01. The average Bonchev–Trinajstić information content (AvgIpc) is 3.05. The molecule has 0 aliphatic carbocycles. The summed E-state index contributed by atoms with van der Waals surface area (Å²) in [4.78, 5) is 2.28. The Morgan fingerprint density at radius 1 is 1.35 bits per heavy atom. The molecular formula is C19H28N3O2SY-. The van der Waals surface area contributed by atoms with Crippen molar-refractivity contribution in [1.29, 1.82) is 5.26 Å². The van der Waals surface area contributed by atoms with Gasteiger partial charge in [-0.3, -0.25) is 0 Å². The van der Waals surface area contributed by atoms with Crippen LogP contribution in [0.15, 0.2) is 17.7 Å². The van der Waals surface area contributed by atoms with Crippen LogP contribution in [0.2, 0.25) is 0 Å². The number of aryl methyl sites for hydroxylation is 1. The molecule has 2 saturated heterocycles. The van der Waals surface area contributed by atoms with Crippen molar-refractivity contribution in [3.05, 3.63) is 32.8 Å². The Kier molecular flexibility index (Phi) is 12.1. The smallest absolute Gasteiger partial charge is 0.101 e. The fraction of sp³-hybridized carbons (Fsp3) is 0.632. The van der Waals surface area contributed by atoms with Crippen LogP contribution in [-0.4, -0.2) is 49.2 Å². The molecule has 0 atom stereocenters. The molecule has 5 nitrogen and oxygen atoms in total. The fourth-order valence-corrected chi connectivity index (χ4v) is 3.93. The van der Waals surface area contributed by atoms with Crippen molar-refractivity contribution in [3.8, 4) is 6.07 Å². The SMILES string of the molecule is CCOC1CC[N-]CC1.Cc1ccc(C(C#N)=C2CCN(O)CC2)s1.[Y]. The Balaban J connectivity index is 0.000000290. The molecule has 141 valence electrons. The third-order valence-electron chi connectivity index (χ3n) is 4.42. The van der Waals surface area contributed by atoms with Gasteiger partial charge in [-0.2, -0.15) is 10.3 Å². The number of ether oxygens (including phenoxy) is 1. The normalized spacial score (nSPS) is 18.3. The number of hydroxylamine groups is 2. The van der Waals surface area contributed by atoms with Gasteiger partial charge in [0.25, 0.3) is 0 Å². The summed E-state index contributed by atoms with van der Waals surface area (Å²) in [5.41, 5.74) is 1.99. The summed E-state index contributed by atoms with van der Waals surface area (Å²) >= 11 is 1.66. The third-order valence-corrected chi connectivity index (χ3v) is 5.43. The van der Waals surface area contributed by atoms with Crippen molar-refractivity contribution in [3.63, 3.8) is 0 Å². The predicted octanol–water partition coefficient (Wildman–Crippen LogP) is 4.38. The van der Waals surface area contributed by atoms with Crippen LogP contribution < -0.4 is 0 Å². The van der Waals surface area contributed by atoms with Gasteiger partial charge in [0, 0.05) is 62.2 Å². The number of hydrogen-bond acceptors (Lipinski definition) is 5. The quantitative estimate of drug-likeness (QED) is 0.693. The first-order chi connectivity index (χ1) is 12.1. The largest absolute Gasteiger partial charge is 0.662 e. The molecule has 2 aliphatic rings. The van der Waals surface area contributed by atoms with E-state index in [1.54, 1.807) is 11.3 Å². The first-order valence-corrected chi connectivity index (χ1v) is 9.83. The Morgan fingerprint density at radius 3 is 2.50 bits per heavy atom. The Bertz CT molecular complexity index is 593. The molecule has 26 heavy (non-hydrogen) atoms. The molecule has 0 saturated carbocycles. The van der Waals surface area contributed by atoms with Crippen LogP contribution in [0.4, 0.5) is 0 Å². The van der Waals surface area contributed by atoms with Crippen molar-refractivity contribution in [2.24, 2.45) is 0 Å². The van der Waals surface area contributed by atoms with E-state index in [9.17, 15) is 10.5 Å². The minimum absolute atomic E-state index is 0. The molecule has 1 aromatic rings. The zero-order chi connectivity index (χ0) is 18.1. The molecule has 2 aliphatic heterocycles. The summed E-state index contributed by atoms with van der Waals surface area (Å²) in [5, 5.41) is 24.1. The van der Waals surface area contributed by atoms with E-state index < -0.39 is 0 Å². The van der Waals surface area contributed by atoms with Crippen molar-refractivity contribution < 1.29 is 42.7 Å². The van der Waals surface area contributed by atoms with Crippen LogP contribution in [0.1, 0.15) is 42.4 Å². The number of piperidine rings is 2. The summed E-state index contributed by atoms with van der Waals surface area (Å²) < 4.78 is 5.42. The van der Waals surface area contributed by atoms with Crippen LogP contribution in [-0.2, 0) is 37.4 Å². The fourth-order valence-electron chi connectivity index (χ4n) is 3.02. The Labute approximate surface area is 186 Å². The molecule has 1 N–H and O–H groups in total. The zero-order valence-corrected chi connectivity index (χ0v) is 19.4. The molecule has 1 radical (unpaired) electrons. The van der Waals surface area contributed by atoms with E-state index in [0.717, 1.165) is 55.8 Å². The molecule has 3 heterocycles. The molecule has 7 heteroatoms. The predicted molar refractivity (Wildman–Crippen MR) is 102 cm³/mol. The van der Waals surface area contributed by atoms with Crippen LogP contribution in [0.25, 0.3) is 10.9 Å². The second kappa shape index (κ2) is 13.1. The maximum absolute atomic E-state index is 9.29. The van der Waals surface area contributed by atoms with E-state index in [0.29, 0.717) is 19.2 Å². The van der Waals surface area contributed by atoms with Crippen molar-refractivity contribution in [1.82, 2.24) is 5.06 Å². The third kappa shape index (κ3) is 7.86. The molecular weight excluding hydrogens is 423 g/mol. The molecule has 0 unspecified atom stereocenters. The van der Waals surface area contributed by atoms with Crippen molar-refractivity contribution in [2.75, 3.05) is 32.8 Å². The monoisotopic (exact) mass is 451 g/mol. The topological polar surface area (TPSA) is 70.6 Å². The molecule has 0 bridgehead atoms. The number of nitrogens with zero attached hydrogens (tertiary/aromatic N) is 3. The average molecular weight is 451 g/mol. The van der Waals surface area contributed by atoms with Gasteiger partial charge in [-0.05, 0) is 57.2 Å². The van der Waals surface area contributed by atoms with Crippen LogP contribution in [0.3, 0.4) is 0 Å². The van der Waals surface area contributed by atoms with Gasteiger partial charge in [0.1, 0.15) is 6.07 Å².